The maximum absolute atomic E-state index is 11.8. The summed E-state index contributed by atoms with van der Waals surface area (Å²) < 4.78 is 11.6. The summed E-state index contributed by atoms with van der Waals surface area (Å²) in [5.74, 6) is 2.79. The molecule has 0 aromatic carbocycles. The summed E-state index contributed by atoms with van der Waals surface area (Å²) in [4.78, 5) is 15.6. The van der Waals surface area contributed by atoms with Gasteiger partial charge in [-0.15, -0.1) is 0 Å². The Morgan fingerprint density at radius 1 is 1.47 bits per heavy atom. The van der Waals surface area contributed by atoms with E-state index in [2.05, 4.69) is 26.7 Å². The van der Waals surface area contributed by atoms with Gasteiger partial charge in [0.1, 0.15) is 0 Å². The molecule has 1 atom stereocenters. The lowest BCUT2D eigenvalue weighted by atomic mass is 10.1. The van der Waals surface area contributed by atoms with Crippen LogP contribution in [0.4, 0.5) is 0 Å². The van der Waals surface area contributed by atoms with Crippen molar-refractivity contribution in [3.05, 3.63) is 0 Å². The molecule has 0 bridgehead atoms. The summed E-state index contributed by atoms with van der Waals surface area (Å²) in [6.07, 6.45) is 0.759. The third kappa shape index (κ3) is 3.32. The average molecular weight is 292 g/mol. The predicted octanol–water partition coefficient (Wildman–Crippen LogP) is 1.10. The molecule has 0 aromatic heterocycles. The molecule has 15 heavy (non-hydrogen) atoms. The molecule has 1 aliphatic heterocycles. The van der Waals surface area contributed by atoms with E-state index >= 15 is 0 Å². The van der Waals surface area contributed by atoms with Crippen molar-refractivity contribution in [1.29, 1.82) is 0 Å². The van der Waals surface area contributed by atoms with Crippen molar-refractivity contribution in [2.24, 2.45) is 0 Å². The van der Waals surface area contributed by atoms with Gasteiger partial charge in [-0.25, -0.2) is 0 Å². The van der Waals surface area contributed by atoms with Crippen LogP contribution in [0.25, 0.3) is 0 Å². The number of hydrogen-bond donors (Lipinski definition) is 0. The average Bonchev–Trinajstić information content (AvgIpc) is 2.28. The number of halogens is 1. The zero-order valence-corrected chi connectivity index (χ0v) is 11.3. The highest BCUT2D eigenvalue weighted by Gasteiger charge is 2.30. The predicted molar refractivity (Wildman–Crippen MR) is 65.0 cm³/mol. The molecule has 1 unspecified atom stereocenters. The zero-order valence-electron chi connectivity index (χ0n) is 8.88. The second-order valence-corrected chi connectivity index (χ2v) is 6.67. The lowest BCUT2D eigenvalue weighted by Crippen LogP contribution is -2.32. The SMILES string of the molecule is CC1(C)CCN(C(=O)C#CBr)CCS1=O. The number of carbonyl (C=O) groups is 1. The van der Waals surface area contributed by atoms with Crippen LogP contribution in [0.5, 0.6) is 0 Å². The Morgan fingerprint density at radius 2 is 2.13 bits per heavy atom. The molecule has 3 nitrogen and oxygen atoms in total. The van der Waals surface area contributed by atoms with Crippen LogP contribution in [0.15, 0.2) is 0 Å². The van der Waals surface area contributed by atoms with E-state index in [1.54, 1.807) is 4.90 Å². The van der Waals surface area contributed by atoms with Crippen molar-refractivity contribution in [2.75, 3.05) is 18.8 Å². The fraction of sp³-hybridized carbons (Fsp3) is 0.700. The summed E-state index contributed by atoms with van der Waals surface area (Å²) in [6, 6.07) is 0. The molecule has 1 amide bonds. The van der Waals surface area contributed by atoms with E-state index in [1.165, 1.54) is 0 Å². The van der Waals surface area contributed by atoms with E-state index in [-0.39, 0.29) is 10.7 Å². The topological polar surface area (TPSA) is 37.4 Å². The van der Waals surface area contributed by atoms with Crippen LogP contribution in [-0.2, 0) is 15.6 Å². The van der Waals surface area contributed by atoms with E-state index in [9.17, 15) is 9.00 Å². The Bertz CT molecular complexity index is 343. The molecule has 0 aromatic rings. The number of rotatable bonds is 0. The zero-order chi connectivity index (χ0) is 11.5. The lowest BCUT2D eigenvalue weighted by Gasteiger charge is -2.21. The Hall–Kier alpha value is -0.340. The second kappa shape index (κ2) is 5.13. The first-order chi connectivity index (χ1) is 6.97. The molecule has 1 fully saturated rings. The molecule has 5 heteroatoms. The van der Waals surface area contributed by atoms with E-state index in [4.69, 9.17) is 0 Å². The van der Waals surface area contributed by atoms with Crippen LogP contribution in [0.3, 0.4) is 0 Å². The molecular formula is C10H14BrNO2S. The van der Waals surface area contributed by atoms with Crippen molar-refractivity contribution in [3.63, 3.8) is 0 Å². The normalized spacial score (nSPS) is 25.0. The van der Waals surface area contributed by atoms with Gasteiger partial charge in [-0.2, -0.15) is 0 Å². The third-order valence-corrected chi connectivity index (χ3v) is 4.78. The van der Waals surface area contributed by atoms with Crippen LogP contribution in [0.1, 0.15) is 20.3 Å². The Labute approximate surface area is 101 Å². The number of carbonyl (C=O) groups excluding carboxylic acids is 1. The van der Waals surface area contributed by atoms with Crippen molar-refractivity contribution < 1.29 is 9.00 Å². The largest absolute Gasteiger partial charge is 0.331 e. The molecular weight excluding hydrogens is 278 g/mol. The second-order valence-electron chi connectivity index (χ2n) is 4.07. The van der Waals surface area contributed by atoms with Gasteiger partial charge in [0.25, 0.3) is 5.91 Å². The number of amides is 1. The first-order valence-electron chi connectivity index (χ1n) is 4.76. The Morgan fingerprint density at radius 3 is 2.73 bits per heavy atom. The summed E-state index contributed by atoms with van der Waals surface area (Å²) in [5, 5.41) is 0. The van der Waals surface area contributed by atoms with Gasteiger partial charge < -0.3 is 4.90 Å². The van der Waals surface area contributed by atoms with Crippen LogP contribution >= 0.6 is 15.9 Å². The number of hydrogen-bond acceptors (Lipinski definition) is 2. The standard InChI is InChI=1S/C10H14BrNO2S/c1-10(2)4-6-12(7-8-15(10)14)9(13)3-5-11/h4,6-8H2,1-2H3. The van der Waals surface area contributed by atoms with Crippen molar-refractivity contribution in [1.82, 2.24) is 4.90 Å². The summed E-state index contributed by atoms with van der Waals surface area (Å²) in [6.45, 7) is 5.14. The van der Waals surface area contributed by atoms with Gasteiger partial charge in [-0.05, 0) is 25.1 Å². The van der Waals surface area contributed by atoms with Crippen LogP contribution in [-0.4, -0.2) is 38.6 Å². The quantitative estimate of drug-likeness (QED) is 0.627. The van der Waals surface area contributed by atoms with Gasteiger partial charge in [0.2, 0.25) is 0 Å². The van der Waals surface area contributed by atoms with E-state index < -0.39 is 10.8 Å². The van der Waals surface area contributed by atoms with Crippen molar-refractivity contribution in [3.8, 4) is 10.8 Å². The van der Waals surface area contributed by atoms with E-state index in [0.29, 0.717) is 18.8 Å². The Kier molecular flexibility index (Phi) is 4.35. The molecule has 1 aliphatic rings. The molecule has 1 heterocycles. The van der Waals surface area contributed by atoms with Crippen LogP contribution in [0.2, 0.25) is 0 Å². The minimum atomic E-state index is -0.863. The van der Waals surface area contributed by atoms with Crippen molar-refractivity contribution >= 4 is 32.6 Å². The fourth-order valence-electron chi connectivity index (χ4n) is 1.42. The van der Waals surface area contributed by atoms with Gasteiger partial charge in [0.05, 0.1) is 0 Å². The molecule has 0 saturated carbocycles. The lowest BCUT2D eigenvalue weighted by molar-refractivity contribution is -0.124. The Balaban J connectivity index is 2.71. The van der Waals surface area contributed by atoms with Gasteiger partial charge in [0.15, 0.2) is 0 Å². The van der Waals surface area contributed by atoms with Crippen LogP contribution in [0, 0.1) is 10.8 Å². The van der Waals surface area contributed by atoms with Gasteiger partial charge in [-0.3, -0.25) is 9.00 Å². The summed E-state index contributed by atoms with van der Waals surface area (Å²) in [7, 11) is -0.863. The highest BCUT2D eigenvalue weighted by atomic mass is 79.9. The maximum Gasteiger partial charge on any atom is 0.299 e. The minimum absolute atomic E-state index is 0.193. The summed E-state index contributed by atoms with van der Waals surface area (Å²) in [5.41, 5.74) is 0. The highest BCUT2D eigenvalue weighted by Crippen LogP contribution is 2.21. The van der Waals surface area contributed by atoms with E-state index in [1.807, 2.05) is 13.8 Å². The van der Waals surface area contributed by atoms with Gasteiger partial charge in [-0.1, -0.05) is 0 Å². The summed E-state index contributed by atoms with van der Waals surface area (Å²) >= 11 is 2.90. The molecule has 0 radical (unpaired) electrons. The molecule has 0 aliphatic carbocycles. The molecule has 84 valence electrons. The molecule has 0 N–H and O–H groups in total. The number of nitrogens with zero attached hydrogens (tertiary/aromatic N) is 1. The smallest absolute Gasteiger partial charge is 0.299 e. The monoisotopic (exact) mass is 291 g/mol. The first-order valence-corrected chi connectivity index (χ1v) is 6.87. The van der Waals surface area contributed by atoms with Gasteiger partial charge >= 0.3 is 0 Å². The van der Waals surface area contributed by atoms with Gasteiger partial charge in [0, 0.05) is 56.2 Å². The highest BCUT2D eigenvalue weighted by molar-refractivity contribution is 9.12. The minimum Gasteiger partial charge on any atom is -0.331 e. The molecule has 0 spiro atoms. The first kappa shape index (κ1) is 12.7. The fourth-order valence-corrected chi connectivity index (χ4v) is 2.85. The van der Waals surface area contributed by atoms with Crippen LogP contribution < -0.4 is 0 Å². The van der Waals surface area contributed by atoms with E-state index in [0.717, 1.165) is 6.42 Å². The maximum atomic E-state index is 11.8. The molecule has 1 rings (SSSR count). The van der Waals surface area contributed by atoms with Crippen molar-refractivity contribution in [2.45, 2.75) is 25.0 Å². The molecule has 1 saturated heterocycles. The third-order valence-electron chi connectivity index (χ3n) is 2.59.